The Bertz CT molecular complexity index is 887. The van der Waals surface area contributed by atoms with Crippen LogP contribution in [0, 0.1) is 11.6 Å². The van der Waals surface area contributed by atoms with Gasteiger partial charge in [-0.05, 0) is 30.3 Å². The second-order valence-electron chi connectivity index (χ2n) is 4.98. The van der Waals surface area contributed by atoms with Crippen LogP contribution in [0.15, 0.2) is 48.8 Å². The Hall–Kier alpha value is -2.93. The lowest BCUT2D eigenvalue weighted by Crippen LogP contribution is -2.01. The largest absolute Gasteiger partial charge is 0.495 e. The molecule has 1 aromatic heterocycles. The van der Waals surface area contributed by atoms with Gasteiger partial charge in [0.15, 0.2) is 0 Å². The van der Waals surface area contributed by atoms with E-state index in [1.165, 1.54) is 25.6 Å². The zero-order chi connectivity index (χ0) is 17.8. The number of methoxy groups -OCH3 is 1. The molecular weight excluding hydrogens is 350 g/mol. The summed E-state index contributed by atoms with van der Waals surface area (Å²) in [5, 5.41) is 6.08. The van der Waals surface area contributed by atoms with Gasteiger partial charge in [0.25, 0.3) is 0 Å². The minimum atomic E-state index is -0.713. The molecule has 0 bridgehead atoms. The van der Waals surface area contributed by atoms with Crippen LogP contribution in [-0.2, 0) is 0 Å². The Morgan fingerprint density at radius 2 is 1.64 bits per heavy atom. The van der Waals surface area contributed by atoms with Crippen molar-refractivity contribution in [3.05, 3.63) is 65.4 Å². The fraction of sp³-hybridized carbons (Fsp3) is 0.0588. The number of nitrogens with zero attached hydrogens (tertiary/aromatic N) is 2. The Morgan fingerprint density at radius 3 is 2.28 bits per heavy atom. The Labute approximate surface area is 147 Å². The van der Waals surface area contributed by atoms with E-state index in [2.05, 4.69) is 20.6 Å². The van der Waals surface area contributed by atoms with Gasteiger partial charge in [0.1, 0.15) is 41.0 Å². The molecule has 0 atom stereocenters. The fourth-order valence-electron chi connectivity index (χ4n) is 2.13. The van der Waals surface area contributed by atoms with Crippen molar-refractivity contribution in [2.45, 2.75) is 0 Å². The predicted octanol–water partition coefficient (Wildman–Crippen LogP) is 4.90. The van der Waals surface area contributed by atoms with Gasteiger partial charge in [0.05, 0.1) is 12.1 Å². The highest BCUT2D eigenvalue weighted by atomic mass is 35.5. The highest BCUT2D eigenvalue weighted by Gasteiger charge is 2.10. The van der Waals surface area contributed by atoms with Gasteiger partial charge in [-0.15, -0.1) is 0 Å². The summed E-state index contributed by atoms with van der Waals surface area (Å²) in [7, 11) is 1.53. The van der Waals surface area contributed by atoms with E-state index in [1.54, 1.807) is 18.2 Å². The molecule has 2 N–H and O–H groups in total. The fourth-order valence-corrected chi connectivity index (χ4v) is 2.39. The zero-order valence-electron chi connectivity index (χ0n) is 13.1. The maximum atomic E-state index is 13.7. The third kappa shape index (κ3) is 3.95. The topological polar surface area (TPSA) is 59.1 Å². The van der Waals surface area contributed by atoms with Crippen LogP contribution in [0.5, 0.6) is 5.75 Å². The quantitative estimate of drug-likeness (QED) is 0.675. The van der Waals surface area contributed by atoms with Crippen LogP contribution < -0.4 is 15.4 Å². The summed E-state index contributed by atoms with van der Waals surface area (Å²) in [6, 6.07) is 10.3. The van der Waals surface area contributed by atoms with Crippen LogP contribution in [0.25, 0.3) is 0 Å². The summed E-state index contributed by atoms with van der Waals surface area (Å²) < 4.78 is 32.5. The van der Waals surface area contributed by atoms with Crippen molar-refractivity contribution in [2.24, 2.45) is 0 Å². The average Bonchev–Trinajstić information content (AvgIpc) is 2.59. The summed E-state index contributed by atoms with van der Waals surface area (Å²) in [6.07, 6.45) is 1.27. The molecule has 0 fully saturated rings. The lowest BCUT2D eigenvalue weighted by molar-refractivity contribution is 0.415. The molecule has 0 aliphatic carbocycles. The Morgan fingerprint density at radius 1 is 0.960 bits per heavy atom. The first kappa shape index (κ1) is 16.9. The average molecular weight is 363 g/mol. The zero-order valence-corrected chi connectivity index (χ0v) is 13.8. The first-order chi connectivity index (χ1) is 12.1. The molecular formula is C17H13ClF2N4O. The van der Waals surface area contributed by atoms with Gasteiger partial charge in [-0.2, -0.15) is 0 Å². The van der Waals surface area contributed by atoms with Gasteiger partial charge >= 0.3 is 0 Å². The Balaban J connectivity index is 1.81. The third-order valence-corrected chi connectivity index (χ3v) is 3.60. The summed E-state index contributed by atoms with van der Waals surface area (Å²) in [5.41, 5.74) is 0.396. The minimum Gasteiger partial charge on any atom is -0.495 e. The van der Waals surface area contributed by atoms with Crippen LogP contribution in [0.4, 0.5) is 31.8 Å². The number of benzene rings is 2. The van der Waals surface area contributed by atoms with E-state index < -0.39 is 11.6 Å². The van der Waals surface area contributed by atoms with Crippen LogP contribution in [-0.4, -0.2) is 17.1 Å². The molecule has 5 nitrogen and oxygen atoms in total. The molecule has 3 aromatic rings. The van der Waals surface area contributed by atoms with E-state index in [9.17, 15) is 8.78 Å². The number of para-hydroxylation sites is 1. The van der Waals surface area contributed by atoms with Crippen molar-refractivity contribution in [2.75, 3.05) is 17.7 Å². The van der Waals surface area contributed by atoms with Crippen molar-refractivity contribution in [1.82, 2.24) is 9.97 Å². The molecule has 0 spiro atoms. The maximum Gasteiger partial charge on any atom is 0.149 e. The van der Waals surface area contributed by atoms with Gasteiger partial charge in [-0.3, -0.25) is 0 Å². The molecule has 0 saturated heterocycles. The van der Waals surface area contributed by atoms with Crippen LogP contribution in [0.1, 0.15) is 0 Å². The molecule has 8 heteroatoms. The standard InChI is InChI=1S/C17H13ClF2N4O/c1-25-14-6-5-10(7-11(14)18)23-15-8-16(22-9-21-15)24-17-12(19)3-2-4-13(17)20/h2-9H,1H3,(H2,21,22,23,24). The number of ether oxygens (including phenoxy) is 1. The highest BCUT2D eigenvalue weighted by molar-refractivity contribution is 6.32. The second kappa shape index (κ2) is 7.31. The normalized spacial score (nSPS) is 10.4. The van der Waals surface area contributed by atoms with E-state index in [0.29, 0.717) is 22.3 Å². The molecule has 2 aromatic carbocycles. The number of anilines is 4. The lowest BCUT2D eigenvalue weighted by atomic mass is 10.3. The number of halogens is 3. The summed E-state index contributed by atoms with van der Waals surface area (Å²) in [4.78, 5) is 8.03. The number of rotatable bonds is 5. The second-order valence-corrected chi connectivity index (χ2v) is 5.39. The van der Waals surface area contributed by atoms with Crippen molar-refractivity contribution in [3.8, 4) is 5.75 Å². The van der Waals surface area contributed by atoms with Crippen molar-refractivity contribution >= 4 is 34.6 Å². The first-order valence-electron chi connectivity index (χ1n) is 7.20. The molecule has 0 unspecified atom stereocenters. The third-order valence-electron chi connectivity index (χ3n) is 3.31. The SMILES string of the molecule is COc1ccc(Nc2cc(Nc3c(F)cccc3F)ncn2)cc1Cl. The molecule has 128 valence electrons. The molecule has 0 aliphatic heterocycles. The number of aromatic nitrogens is 2. The monoisotopic (exact) mass is 362 g/mol. The number of nitrogens with one attached hydrogen (secondary N) is 2. The summed E-state index contributed by atoms with van der Waals surface area (Å²) >= 11 is 6.08. The molecule has 0 aliphatic rings. The van der Waals surface area contributed by atoms with Gasteiger partial charge < -0.3 is 15.4 Å². The van der Waals surface area contributed by atoms with Crippen LogP contribution in [0.3, 0.4) is 0 Å². The van der Waals surface area contributed by atoms with Crippen LogP contribution >= 0.6 is 11.6 Å². The van der Waals surface area contributed by atoms with E-state index in [-0.39, 0.29) is 11.5 Å². The highest BCUT2D eigenvalue weighted by Crippen LogP contribution is 2.29. The Kier molecular flexibility index (Phi) is 4.95. The molecule has 0 saturated carbocycles. The molecule has 0 amide bonds. The first-order valence-corrected chi connectivity index (χ1v) is 7.58. The van der Waals surface area contributed by atoms with E-state index in [4.69, 9.17) is 16.3 Å². The van der Waals surface area contributed by atoms with Crippen molar-refractivity contribution < 1.29 is 13.5 Å². The number of hydrogen-bond donors (Lipinski definition) is 2. The molecule has 0 radical (unpaired) electrons. The van der Waals surface area contributed by atoms with Gasteiger partial charge in [0, 0.05) is 11.8 Å². The smallest absolute Gasteiger partial charge is 0.149 e. The van der Waals surface area contributed by atoms with E-state index in [1.807, 2.05) is 0 Å². The molecule has 3 rings (SSSR count). The van der Waals surface area contributed by atoms with Gasteiger partial charge in [-0.25, -0.2) is 18.7 Å². The van der Waals surface area contributed by atoms with Crippen molar-refractivity contribution in [3.63, 3.8) is 0 Å². The predicted molar refractivity (Wildman–Crippen MR) is 93.0 cm³/mol. The van der Waals surface area contributed by atoms with Crippen LogP contribution in [0.2, 0.25) is 5.02 Å². The van der Waals surface area contributed by atoms with Gasteiger partial charge in [-0.1, -0.05) is 17.7 Å². The minimum absolute atomic E-state index is 0.237. The maximum absolute atomic E-state index is 13.7. The van der Waals surface area contributed by atoms with E-state index >= 15 is 0 Å². The van der Waals surface area contributed by atoms with Gasteiger partial charge in [0.2, 0.25) is 0 Å². The summed E-state index contributed by atoms with van der Waals surface area (Å²) in [5.74, 6) is -0.214. The molecule has 25 heavy (non-hydrogen) atoms. The number of hydrogen-bond acceptors (Lipinski definition) is 5. The van der Waals surface area contributed by atoms with Crippen molar-refractivity contribution in [1.29, 1.82) is 0 Å². The van der Waals surface area contributed by atoms with E-state index in [0.717, 1.165) is 12.1 Å². The lowest BCUT2D eigenvalue weighted by Gasteiger charge is -2.11. The molecule has 1 heterocycles. The summed E-state index contributed by atoms with van der Waals surface area (Å²) in [6.45, 7) is 0.